The van der Waals surface area contributed by atoms with Crippen molar-refractivity contribution in [2.75, 3.05) is 32.1 Å². The molecule has 150 valence electrons. The summed E-state index contributed by atoms with van der Waals surface area (Å²) in [5.74, 6) is 0.276. The molecule has 6 heteroatoms. The monoisotopic (exact) mass is 419 g/mol. The maximum atomic E-state index is 11.7. The van der Waals surface area contributed by atoms with E-state index in [1.54, 1.807) is 7.05 Å². The third-order valence-corrected chi connectivity index (χ3v) is 6.12. The highest BCUT2D eigenvalue weighted by atomic mass is 35.5. The SMILES string of the molecule is CCc1cc(N(C)Cc2ccc(Cl)c(Cl)c2)ccc1CN1CC(C(=O)NC)C1. The predicted molar refractivity (Wildman–Crippen MR) is 117 cm³/mol. The van der Waals surface area contributed by atoms with Gasteiger partial charge in [0.1, 0.15) is 0 Å². The molecule has 0 aromatic heterocycles. The third-order valence-electron chi connectivity index (χ3n) is 5.38. The number of nitrogens with zero attached hydrogens (tertiary/aromatic N) is 2. The summed E-state index contributed by atoms with van der Waals surface area (Å²) in [6.07, 6.45) is 0.983. The molecule has 2 aromatic rings. The zero-order chi connectivity index (χ0) is 20.3. The van der Waals surface area contributed by atoms with Crippen LogP contribution in [0.25, 0.3) is 0 Å². The van der Waals surface area contributed by atoms with Crippen molar-refractivity contribution < 1.29 is 4.79 Å². The predicted octanol–water partition coefficient (Wildman–Crippen LogP) is 4.37. The summed E-state index contributed by atoms with van der Waals surface area (Å²) in [6.45, 7) is 5.52. The number of likely N-dealkylation sites (tertiary alicyclic amines) is 1. The van der Waals surface area contributed by atoms with Gasteiger partial charge in [-0.15, -0.1) is 0 Å². The summed E-state index contributed by atoms with van der Waals surface area (Å²) in [5, 5.41) is 3.90. The summed E-state index contributed by atoms with van der Waals surface area (Å²) in [6, 6.07) is 12.4. The molecule has 0 unspecified atom stereocenters. The molecule has 2 aromatic carbocycles. The fourth-order valence-electron chi connectivity index (χ4n) is 3.65. The first-order chi connectivity index (χ1) is 13.4. The number of halogens is 2. The Morgan fingerprint density at radius 1 is 1.14 bits per heavy atom. The van der Waals surface area contributed by atoms with Crippen molar-refractivity contribution in [1.29, 1.82) is 0 Å². The Balaban J connectivity index is 1.65. The number of carbonyl (C=O) groups is 1. The minimum Gasteiger partial charge on any atom is -0.370 e. The van der Waals surface area contributed by atoms with E-state index >= 15 is 0 Å². The Morgan fingerprint density at radius 3 is 2.54 bits per heavy atom. The Bertz CT molecular complexity index is 850. The van der Waals surface area contributed by atoms with E-state index in [0.29, 0.717) is 10.0 Å². The fraction of sp³-hybridized carbons (Fsp3) is 0.409. The highest BCUT2D eigenvalue weighted by Gasteiger charge is 2.31. The molecule has 1 saturated heterocycles. The molecule has 1 amide bonds. The first-order valence-electron chi connectivity index (χ1n) is 9.62. The van der Waals surface area contributed by atoms with E-state index in [-0.39, 0.29) is 11.8 Å². The van der Waals surface area contributed by atoms with Gasteiger partial charge in [-0.2, -0.15) is 0 Å². The lowest BCUT2D eigenvalue weighted by molar-refractivity contribution is -0.129. The van der Waals surface area contributed by atoms with Gasteiger partial charge in [-0.05, 0) is 47.4 Å². The number of rotatable bonds is 7. The lowest BCUT2D eigenvalue weighted by atomic mass is 9.96. The molecule has 3 rings (SSSR count). The van der Waals surface area contributed by atoms with Gasteiger partial charge in [0.2, 0.25) is 5.91 Å². The van der Waals surface area contributed by atoms with E-state index in [4.69, 9.17) is 23.2 Å². The molecule has 1 heterocycles. The number of nitrogens with one attached hydrogen (secondary N) is 1. The summed E-state index contributed by atoms with van der Waals surface area (Å²) in [4.78, 5) is 16.2. The van der Waals surface area contributed by atoms with Gasteiger partial charge in [0, 0.05) is 46.0 Å². The van der Waals surface area contributed by atoms with Crippen molar-refractivity contribution in [3.8, 4) is 0 Å². The number of benzene rings is 2. The van der Waals surface area contributed by atoms with Gasteiger partial charge in [0.05, 0.1) is 16.0 Å². The van der Waals surface area contributed by atoms with E-state index in [1.807, 2.05) is 18.2 Å². The highest BCUT2D eigenvalue weighted by Crippen LogP contribution is 2.27. The van der Waals surface area contributed by atoms with Crippen molar-refractivity contribution >= 4 is 34.8 Å². The second-order valence-electron chi connectivity index (χ2n) is 7.42. The molecule has 1 fully saturated rings. The zero-order valence-corrected chi connectivity index (χ0v) is 18.1. The largest absolute Gasteiger partial charge is 0.370 e. The maximum Gasteiger partial charge on any atom is 0.225 e. The molecule has 0 bridgehead atoms. The molecule has 28 heavy (non-hydrogen) atoms. The standard InChI is InChI=1S/C22H27Cl2N3O/c1-4-16-10-19(26(3)11-15-5-8-20(23)21(24)9-15)7-6-17(16)12-27-13-18(14-27)22(28)25-2/h5-10,18H,4,11-14H2,1-3H3,(H,25,28). The van der Waals surface area contributed by atoms with Gasteiger partial charge in [-0.1, -0.05) is 42.3 Å². The quantitative estimate of drug-likeness (QED) is 0.723. The third kappa shape index (κ3) is 4.80. The normalized spacial score (nSPS) is 14.6. The van der Waals surface area contributed by atoms with Crippen LogP contribution in [-0.2, 0) is 24.3 Å². The van der Waals surface area contributed by atoms with Crippen LogP contribution in [0.2, 0.25) is 10.0 Å². The minimum absolute atomic E-state index is 0.131. The number of amides is 1. The van der Waals surface area contributed by atoms with Gasteiger partial charge in [-0.25, -0.2) is 0 Å². The smallest absolute Gasteiger partial charge is 0.225 e. The molecular formula is C22H27Cl2N3O. The average Bonchev–Trinajstić information content (AvgIpc) is 2.66. The van der Waals surface area contributed by atoms with Crippen molar-refractivity contribution in [2.24, 2.45) is 5.92 Å². The highest BCUT2D eigenvalue weighted by molar-refractivity contribution is 6.42. The van der Waals surface area contributed by atoms with Crippen LogP contribution in [0, 0.1) is 5.92 Å². The summed E-state index contributed by atoms with van der Waals surface area (Å²) < 4.78 is 0. The first kappa shape index (κ1) is 21.0. The number of carbonyl (C=O) groups excluding carboxylic acids is 1. The Hall–Kier alpha value is -1.75. The Labute approximate surface area is 177 Å². The van der Waals surface area contributed by atoms with Crippen LogP contribution in [0.1, 0.15) is 23.6 Å². The number of hydrogen-bond acceptors (Lipinski definition) is 3. The van der Waals surface area contributed by atoms with Crippen LogP contribution in [-0.4, -0.2) is 38.0 Å². The van der Waals surface area contributed by atoms with Crippen molar-refractivity contribution in [3.05, 3.63) is 63.1 Å². The van der Waals surface area contributed by atoms with E-state index in [9.17, 15) is 4.79 Å². The van der Waals surface area contributed by atoms with Crippen molar-refractivity contribution in [3.63, 3.8) is 0 Å². The van der Waals surface area contributed by atoms with Crippen molar-refractivity contribution in [2.45, 2.75) is 26.4 Å². The zero-order valence-electron chi connectivity index (χ0n) is 16.6. The van der Waals surface area contributed by atoms with Gasteiger partial charge >= 0.3 is 0 Å². The van der Waals surface area contributed by atoms with Crippen LogP contribution in [0.4, 0.5) is 5.69 Å². The van der Waals surface area contributed by atoms with Gasteiger partial charge in [0.25, 0.3) is 0 Å². The summed E-state index contributed by atoms with van der Waals surface area (Å²) in [7, 11) is 3.79. The molecule has 4 nitrogen and oxygen atoms in total. The molecular weight excluding hydrogens is 393 g/mol. The van der Waals surface area contributed by atoms with E-state index in [0.717, 1.165) is 38.2 Å². The molecule has 1 aliphatic rings. The molecule has 0 spiro atoms. The second-order valence-corrected chi connectivity index (χ2v) is 8.23. The molecule has 0 atom stereocenters. The van der Waals surface area contributed by atoms with Gasteiger partial charge in [-0.3, -0.25) is 9.69 Å². The molecule has 1 aliphatic heterocycles. The maximum absolute atomic E-state index is 11.7. The van der Waals surface area contributed by atoms with Crippen LogP contribution in [0.3, 0.4) is 0 Å². The van der Waals surface area contributed by atoms with E-state index in [2.05, 4.69) is 47.3 Å². The Kier molecular flexibility index (Phi) is 6.86. The van der Waals surface area contributed by atoms with Gasteiger partial charge < -0.3 is 10.2 Å². The first-order valence-corrected chi connectivity index (χ1v) is 10.4. The average molecular weight is 420 g/mol. The van der Waals surface area contributed by atoms with Crippen molar-refractivity contribution in [1.82, 2.24) is 10.2 Å². The van der Waals surface area contributed by atoms with Gasteiger partial charge in [0.15, 0.2) is 0 Å². The number of hydrogen-bond donors (Lipinski definition) is 1. The minimum atomic E-state index is 0.131. The topological polar surface area (TPSA) is 35.6 Å². The lowest BCUT2D eigenvalue weighted by Crippen LogP contribution is -2.52. The van der Waals surface area contributed by atoms with E-state index < -0.39 is 0 Å². The molecule has 1 N–H and O–H groups in total. The van der Waals surface area contributed by atoms with Crippen LogP contribution < -0.4 is 10.2 Å². The number of aryl methyl sites for hydroxylation is 1. The molecule has 0 saturated carbocycles. The van der Waals surface area contributed by atoms with E-state index in [1.165, 1.54) is 16.8 Å². The van der Waals surface area contributed by atoms with Crippen LogP contribution in [0.15, 0.2) is 36.4 Å². The summed E-state index contributed by atoms with van der Waals surface area (Å²) >= 11 is 12.2. The molecule has 0 radical (unpaired) electrons. The lowest BCUT2D eigenvalue weighted by Gasteiger charge is -2.38. The molecule has 0 aliphatic carbocycles. The van der Waals surface area contributed by atoms with Crippen LogP contribution in [0.5, 0.6) is 0 Å². The second kappa shape index (κ2) is 9.17. The number of anilines is 1. The van der Waals surface area contributed by atoms with Crippen LogP contribution >= 0.6 is 23.2 Å². The summed E-state index contributed by atoms with van der Waals surface area (Å²) in [5.41, 5.74) is 4.99. The Morgan fingerprint density at radius 2 is 1.89 bits per heavy atom. The fourth-order valence-corrected chi connectivity index (χ4v) is 3.97.